The molecule has 4 heterocycles. The summed E-state index contributed by atoms with van der Waals surface area (Å²) in [5.41, 5.74) is 2.06. The average Bonchev–Trinajstić information content (AvgIpc) is 3.49. The molecule has 1 aromatic carbocycles. The van der Waals surface area contributed by atoms with Gasteiger partial charge in [0.05, 0.1) is 25.3 Å². The number of hydrogen-bond donors (Lipinski definition) is 0. The lowest BCUT2D eigenvalue weighted by Gasteiger charge is -2.22. The maximum atomic E-state index is 12.7. The highest BCUT2D eigenvalue weighted by Crippen LogP contribution is 2.45. The van der Waals surface area contributed by atoms with Crippen LogP contribution in [0.15, 0.2) is 53.3 Å². The molecule has 2 aromatic heterocycles. The number of fused-ring (bicyclic) bond motifs is 2. The van der Waals surface area contributed by atoms with Crippen molar-refractivity contribution in [2.75, 3.05) is 20.2 Å². The van der Waals surface area contributed by atoms with Crippen LogP contribution in [0.2, 0.25) is 0 Å². The van der Waals surface area contributed by atoms with Crippen molar-refractivity contribution >= 4 is 5.91 Å². The molecule has 6 heteroatoms. The van der Waals surface area contributed by atoms with Crippen molar-refractivity contribution in [3.05, 3.63) is 60.4 Å². The van der Waals surface area contributed by atoms with E-state index in [1.54, 1.807) is 25.5 Å². The van der Waals surface area contributed by atoms with Gasteiger partial charge in [0, 0.05) is 30.6 Å². The molecule has 0 unspecified atom stereocenters. The number of hydrogen-bond acceptors (Lipinski definition) is 4. The third kappa shape index (κ3) is 2.40. The zero-order valence-electron chi connectivity index (χ0n) is 15.2. The highest BCUT2D eigenvalue weighted by molar-refractivity contribution is 5.91. The van der Waals surface area contributed by atoms with Gasteiger partial charge in [-0.3, -0.25) is 4.79 Å². The number of likely N-dealkylation sites (tertiary alicyclic amines) is 1. The zero-order chi connectivity index (χ0) is 18.4. The maximum absolute atomic E-state index is 12.7. The van der Waals surface area contributed by atoms with Crippen molar-refractivity contribution < 1.29 is 13.9 Å². The van der Waals surface area contributed by atoms with Crippen LogP contribution in [0.1, 0.15) is 29.2 Å². The van der Waals surface area contributed by atoms with Crippen LogP contribution in [0.5, 0.6) is 5.75 Å². The van der Waals surface area contributed by atoms with E-state index in [0.717, 1.165) is 48.8 Å². The molecule has 138 valence electrons. The van der Waals surface area contributed by atoms with E-state index >= 15 is 0 Å². The van der Waals surface area contributed by atoms with Crippen molar-refractivity contribution in [1.82, 2.24) is 14.5 Å². The predicted octanol–water partition coefficient (Wildman–Crippen LogP) is 3.34. The molecule has 6 nitrogen and oxygen atoms in total. The Hall–Kier alpha value is -3.02. The molecule has 1 spiro atoms. The maximum Gasteiger partial charge on any atom is 0.289 e. The summed E-state index contributed by atoms with van der Waals surface area (Å²) in [5, 5.41) is 0. The SMILES string of the molecule is COc1ccccc1-c1cnc2n1CC[C@]21CCN(C(=O)c2ccco2)C1. The summed E-state index contributed by atoms with van der Waals surface area (Å²) >= 11 is 0. The normalized spacial score (nSPS) is 21.0. The third-order valence-electron chi connectivity index (χ3n) is 5.90. The van der Waals surface area contributed by atoms with Gasteiger partial charge in [-0.15, -0.1) is 0 Å². The molecule has 0 aliphatic carbocycles. The van der Waals surface area contributed by atoms with Crippen LogP contribution in [0.4, 0.5) is 0 Å². The van der Waals surface area contributed by atoms with Crippen molar-refractivity contribution in [3.8, 4) is 17.0 Å². The Kier molecular flexibility index (Phi) is 3.60. The van der Waals surface area contributed by atoms with Gasteiger partial charge in [-0.2, -0.15) is 0 Å². The molecule has 27 heavy (non-hydrogen) atoms. The summed E-state index contributed by atoms with van der Waals surface area (Å²) in [7, 11) is 1.69. The van der Waals surface area contributed by atoms with Gasteiger partial charge in [-0.05, 0) is 37.1 Å². The Morgan fingerprint density at radius 3 is 2.85 bits per heavy atom. The molecular formula is C21H21N3O3. The molecule has 2 aliphatic rings. The van der Waals surface area contributed by atoms with Crippen LogP contribution in [0.25, 0.3) is 11.3 Å². The van der Waals surface area contributed by atoms with Crippen LogP contribution >= 0.6 is 0 Å². The van der Waals surface area contributed by atoms with Crippen LogP contribution < -0.4 is 4.74 Å². The molecule has 1 atom stereocenters. The monoisotopic (exact) mass is 363 g/mol. The standard InChI is InChI=1S/C21H21N3O3/c1-26-17-6-3-2-5-15(17)16-13-22-20-21(9-11-24(16)20)8-10-23(14-21)19(25)18-7-4-12-27-18/h2-7,12-13H,8-11,14H2,1H3/t21-/m0/s1. The summed E-state index contributed by atoms with van der Waals surface area (Å²) in [6.07, 6.45) is 5.41. The van der Waals surface area contributed by atoms with Crippen LogP contribution in [0.3, 0.4) is 0 Å². The van der Waals surface area contributed by atoms with Gasteiger partial charge in [-0.1, -0.05) is 12.1 Å². The van der Waals surface area contributed by atoms with Crippen molar-refractivity contribution in [2.45, 2.75) is 24.8 Å². The summed E-state index contributed by atoms with van der Waals surface area (Å²) in [4.78, 5) is 19.3. The largest absolute Gasteiger partial charge is 0.496 e. The Morgan fingerprint density at radius 1 is 1.19 bits per heavy atom. The first kappa shape index (κ1) is 16.2. The first-order chi connectivity index (χ1) is 13.2. The van der Waals surface area contributed by atoms with Crippen LogP contribution in [-0.2, 0) is 12.0 Å². The molecule has 0 saturated carbocycles. The Labute approximate surface area is 157 Å². The fourth-order valence-corrected chi connectivity index (χ4v) is 4.52. The Balaban J connectivity index is 1.46. The van der Waals surface area contributed by atoms with Crippen molar-refractivity contribution in [1.29, 1.82) is 0 Å². The van der Waals surface area contributed by atoms with E-state index in [9.17, 15) is 4.79 Å². The summed E-state index contributed by atoms with van der Waals surface area (Å²) in [5.74, 6) is 2.30. The number of furan rings is 1. The van der Waals surface area contributed by atoms with Gasteiger partial charge in [-0.25, -0.2) is 4.98 Å². The minimum absolute atomic E-state index is 0.0353. The molecule has 0 N–H and O–H groups in total. The molecular weight excluding hydrogens is 342 g/mol. The number of carbonyl (C=O) groups excluding carboxylic acids is 1. The molecule has 2 aliphatic heterocycles. The van der Waals surface area contributed by atoms with E-state index in [-0.39, 0.29) is 11.3 Å². The minimum atomic E-state index is -0.0669. The number of methoxy groups -OCH3 is 1. The zero-order valence-corrected chi connectivity index (χ0v) is 15.2. The van der Waals surface area contributed by atoms with Crippen LogP contribution in [-0.4, -0.2) is 40.6 Å². The van der Waals surface area contributed by atoms with Gasteiger partial charge in [0.15, 0.2) is 5.76 Å². The van der Waals surface area contributed by atoms with E-state index in [2.05, 4.69) is 10.6 Å². The second-order valence-corrected chi connectivity index (χ2v) is 7.30. The molecule has 0 bridgehead atoms. The van der Waals surface area contributed by atoms with E-state index < -0.39 is 0 Å². The number of carbonyl (C=O) groups is 1. The van der Waals surface area contributed by atoms with Crippen LogP contribution in [0, 0.1) is 0 Å². The fraction of sp³-hybridized carbons (Fsp3) is 0.333. The molecule has 1 amide bonds. The van der Waals surface area contributed by atoms with E-state index in [0.29, 0.717) is 12.3 Å². The summed E-state index contributed by atoms with van der Waals surface area (Å²) < 4.78 is 13.1. The summed E-state index contributed by atoms with van der Waals surface area (Å²) in [6, 6.07) is 11.5. The second-order valence-electron chi connectivity index (χ2n) is 7.30. The highest BCUT2D eigenvalue weighted by atomic mass is 16.5. The van der Waals surface area contributed by atoms with E-state index in [1.807, 2.05) is 29.3 Å². The van der Waals surface area contributed by atoms with E-state index in [1.165, 1.54) is 0 Å². The molecule has 0 radical (unpaired) electrons. The number of nitrogens with zero attached hydrogens (tertiary/aromatic N) is 3. The lowest BCUT2D eigenvalue weighted by molar-refractivity contribution is 0.0751. The van der Waals surface area contributed by atoms with Gasteiger partial charge < -0.3 is 18.6 Å². The lowest BCUT2D eigenvalue weighted by Crippen LogP contribution is -2.33. The van der Waals surface area contributed by atoms with E-state index in [4.69, 9.17) is 14.1 Å². The number of imidazole rings is 1. The quantitative estimate of drug-likeness (QED) is 0.716. The predicted molar refractivity (Wildman–Crippen MR) is 99.7 cm³/mol. The number of ether oxygens (including phenoxy) is 1. The fourth-order valence-electron chi connectivity index (χ4n) is 4.52. The topological polar surface area (TPSA) is 60.5 Å². The molecule has 1 saturated heterocycles. The van der Waals surface area contributed by atoms with Gasteiger partial charge in [0.25, 0.3) is 5.91 Å². The number of aromatic nitrogens is 2. The minimum Gasteiger partial charge on any atom is -0.496 e. The molecule has 5 rings (SSSR count). The number of amides is 1. The highest BCUT2D eigenvalue weighted by Gasteiger charge is 2.48. The van der Waals surface area contributed by atoms with Crippen molar-refractivity contribution in [2.24, 2.45) is 0 Å². The smallest absolute Gasteiger partial charge is 0.289 e. The number of para-hydroxylation sites is 1. The average molecular weight is 363 g/mol. The Morgan fingerprint density at radius 2 is 2.04 bits per heavy atom. The van der Waals surface area contributed by atoms with Gasteiger partial charge in [0.1, 0.15) is 11.6 Å². The van der Waals surface area contributed by atoms with Gasteiger partial charge >= 0.3 is 0 Å². The molecule has 1 fully saturated rings. The molecule has 3 aromatic rings. The first-order valence-electron chi connectivity index (χ1n) is 9.24. The number of rotatable bonds is 3. The summed E-state index contributed by atoms with van der Waals surface area (Å²) in [6.45, 7) is 2.33. The first-order valence-corrected chi connectivity index (χ1v) is 9.24. The number of benzene rings is 1. The second kappa shape index (κ2) is 6.01. The van der Waals surface area contributed by atoms with Gasteiger partial charge in [0.2, 0.25) is 0 Å². The Bertz CT molecular complexity index is 992. The van der Waals surface area contributed by atoms with Crippen molar-refractivity contribution in [3.63, 3.8) is 0 Å². The third-order valence-corrected chi connectivity index (χ3v) is 5.90. The lowest BCUT2D eigenvalue weighted by atomic mass is 9.85.